The Bertz CT molecular complexity index is 426. The van der Waals surface area contributed by atoms with Crippen molar-refractivity contribution in [3.8, 4) is 5.75 Å². The second-order valence-corrected chi connectivity index (χ2v) is 2.80. The number of aromatic nitrogens is 1. The number of aldehydes is 1. The third-order valence-electron chi connectivity index (χ3n) is 1.83. The van der Waals surface area contributed by atoms with E-state index in [2.05, 4.69) is 9.72 Å². The molecule has 0 aromatic carbocycles. The fraction of sp³-hybridized carbons (Fsp3) is 0.182. The zero-order valence-electron chi connectivity index (χ0n) is 8.97. The predicted molar refractivity (Wildman–Crippen MR) is 57.2 cm³/mol. The Morgan fingerprint density at radius 1 is 1.38 bits per heavy atom. The molecule has 0 fully saturated rings. The second kappa shape index (κ2) is 5.65. The number of pyridine rings is 1. The monoisotopic (exact) mass is 221 g/mol. The van der Waals surface area contributed by atoms with Crippen molar-refractivity contribution < 1.29 is 19.1 Å². The molecule has 5 nitrogen and oxygen atoms in total. The van der Waals surface area contributed by atoms with Crippen LogP contribution in [0.5, 0.6) is 5.75 Å². The van der Waals surface area contributed by atoms with E-state index < -0.39 is 5.97 Å². The highest BCUT2D eigenvalue weighted by Gasteiger charge is 2.03. The van der Waals surface area contributed by atoms with Crippen molar-refractivity contribution in [1.82, 2.24) is 4.98 Å². The first kappa shape index (κ1) is 11.9. The van der Waals surface area contributed by atoms with Gasteiger partial charge in [0.1, 0.15) is 17.1 Å². The highest BCUT2D eigenvalue weighted by Crippen LogP contribution is 2.17. The predicted octanol–water partition coefficient (Wildman–Crippen LogP) is 1.09. The number of esters is 1. The molecule has 1 aromatic heterocycles. The minimum absolute atomic E-state index is 0.269. The maximum absolute atomic E-state index is 10.9. The van der Waals surface area contributed by atoms with Crippen molar-refractivity contribution >= 4 is 18.3 Å². The fourth-order valence-electron chi connectivity index (χ4n) is 1.05. The van der Waals surface area contributed by atoms with Gasteiger partial charge in [0.25, 0.3) is 0 Å². The lowest BCUT2D eigenvalue weighted by molar-refractivity contribution is -0.134. The molecule has 0 atom stereocenters. The van der Waals surface area contributed by atoms with Gasteiger partial charge in [0.2, 0.25) is 0 Å². The van der Waals surface area contributed by atoms with E-state index in [0.29, 0.717) is 17.7 Å². The molecule has 0 aliphatic heterocycles. The lowest BCUT2D eigenvalue weighted by Gasteiger charge is -2.03. The van der Waals surface area contributed by atoms with Crippen molar-refractivity contribution in [2.45, 2.75) is 0 Å². The Morgan fingerprint density at radius 2 is 2.12 bits per heavy atom. The molecule has 0 saturated carbocycles. The molecule has 0 spiro atoms. The Labute approximate surface area is 92.7 Å². The average molecular weight is 221 g/mol. The molecule has 0 saturated heterocycles. The summed E-state index contributed by atoms with van der Waals surface area (Å²) >= 11 is 0. The zero-order valence-corrected chi connectivity index (χ0v) is 8.97. The van der Waals surface area contributed by atoms with E-state index in [4.69, 9.17) is 4.74 Å². The summed E-state index contributed by atoms with van der Waals surface area (Å²) < 4.78 is 9.47. The third kappa shape index (κ3) is 2.91. The van der Waals surface area contributed by atoms with Crippen molar-refractivity contribution in [2.75, 3.05) is 14.2 Å². The van der Waals surface area contributed by atoms with Crippen LogP contribution in [0.3, 0.4) is 0 Å². The molecular weight excluding hydrogens is 210 g/mol. The summed E-state index contributed by atoms with van der Waals surface area (Å²) in [6, 6.07) is 3.13. The molecule has 0 N–H and O–H groups in total. The van der Waals surface area contributed by atoms with Gasteiger partial charge in [-0.05, 0) is 18.2 Å². The van der Waals surface area contributed by atoms with Crippen LogP contribution < -0.4 is 4.74 Å². The lowest BCUT2D eigenvalue weighted by Crippen LogP contribution is -1.97. The summed E-state index contributed by atoms with van der Waals surface area (Å²) in [5.41, 5.74) is 0.669. The number of rotatable bonds is 4. The summed E-state index contributed by atoms with van der Waals surface area (Å²) in [6.45, 7) is 0. The van der Waals surface area contributed by atoms with Crippen LogP contribution in [0.15, 0.2) is 18.2 Å². The van der Waals surface area contributed by atoms with Gasteiger partial charge in [0.15, 0.2) is 6.29 Å². The molecule has 0 radical (unpaired) electrons. The smallest absolute Gasteiger partial charge is 0.330 e. The van der Waals surface area contributed by atoms with Gasteiger partial charge < -0.3 is 9.47 Å². The van der Waals surface area contributed by atoms with Crippen LogP contribution in [0.1, 0.15) is 16.2 Å². The lowest BCUT2D eigenvalue weighted by atomic mass is 10.2. The maximum Gasteiger partial charge on any atom is 0.330 e. The van der Waals surface area contributed by atoms with Gasteiger partial charge in [-0.15, -0.1) is 0 Å². The van der Waals surface area contributed by atoms with Gasteiger partial charge in [-0.25, -0.2) is 9.78 Å². The van der Waals surface area contributed by atoms with Gasteiger partial charge in [0.05, 0.1) is 14.2 Å². The molecular formula is C11H11NO4. The molecule has 1 heterocycles. The van der Waals surface area contributed by atoms with Crippen LogP contribution in [0.2, 0.25) is 0 Å². The van der Waals surface area contributed by atoms with Crippen LogP contribution >= 0.6 is 0 Å². The standard InChI is InChI=1S/C11H11NO4/c1-15-10-5-3-8(7-13)12-9(10)4-6-11(14)16-2/h3-7H,1-2H3/b6-4+. The van der Waals surface area contributed by atoms with E-state index in [1.165, 1.54) is 32.4 Å². The number of ether oxygens (including phenoxy) is 2. The molecule has 0 amide bonds. The normalized spacial score (nSPS) is 10.1. The Kier molecular flexibility index (Phi) is 4.20. The molecule has 1 rings (SSSR count). The molecule has 84 valence electrons. The van der Waals surface area contributed by atoms with Gasteiger partial charge in [-0.2, -0.15) is 0 Å². The first-order chi connectivity index (χ1) is 7.71. The SMILES string of the molecule is COC(=O)/C=C/c1nc(C=O)ccc1OC. The minimum atomic E-state index is -0.500. The van der Waals surface area contributed by atoms with Gasteiger partial charge >= 0.3 is 5.97 Å². The van der Waals surface area contributed by atoms with Crippen LogP contribution in [0.25, 0.3) is 6.08 Å². The summed E-state index contributed by atoms with van der Waals surface area (Å²) in [4.78, 5) is 25.4. The zero-order chi connectivity index (χ0) is 12.0. The Morgan fingerprint density at radius 3 is 2.69 bits per heavy atom. The average Bonchev–Trinajstić information content (AvgIpc) is 2.35. The number of hydrogen-bond donors (Lipinski definition) is 0. The minimum Gasteiger partial charge on any atom is -0.494 e. The Hall–Kier alpha value is -2.17. The fourth-order valence-corrected chi connectivity index (χ4v) is 1.05. The van der Waals surface area contributed by atoms with Crippen LogP contribution in [-0.4, -0.2) is 31.5 Å². The quantitative estimate of drug-likeness (QED) is 0.432. The second-order valence-electron chi connectivity index (χ2n) is 2.80. The van der Waals surface area contributed by atoms with Crippen LogP contribution in [0, 0.1) is 0 Å². The molecule has 0 unspecified atom stereocenters. The highest BCUT2D eigenvalue weighted by molar-refractivity contribution is 5.87. The summed E-state index contributed by atoms with van der Waals surface area (Å²) in [7, 11) is 2.76. The topological polar surface area (TPSA) is 65.5 Å². The molecule has 0 bridgehead atoms. The third-order valence-corrected chi connectivity index (χ3v) is 1.83. The molecule has 1 aromatic rings. The van der Waals surface area contributed by atoms with E-state index in [1.807, 2.05) is 0 Å². The molecule has 5 heteroatoms. The first-order valence-corrected chi connectivity index (χ1v) is 4.47. The van der Waals surface area contributed by atoms with Crippen molar-refractivity contribution in [3.63, 3.8) is 0 Å². The number of carbonyl (C=O) groups excluding carboxylic acids is 2. The van der Waals surface area contributed by atoms with Crippen molar-refractivity contribution in [2.24, 2.45) is 0 Å². The van der Waals surface area contributed by atoms with E-state index in [1.54, 1.807) is 6.07 Å². The molecule has 0 aliphatic rings. The van der Waals surface area contributed by atoms with E-state index in [9.17, 15) is 9.59 Å². The van der Waals surface area contributed by atoms with Gasteiger partial charge in [-0.3, -0.25) is 4.79 Å². The highest BCUT2D eigenvalue weighted by atomic mass is 16.5. The summed E-state index contributed by atoms with van der Waals surface area (Å²) in [6.07, 6.45) is 3.26. The van der Waals surface area contributed by atoms with Gasteiger partial charge in [-0.1, -0.05) is 0 Å². The van der Waals surface area contributed by atoms with Crippen molar-refractivity contribution in [1.29, 1.82) is 0 Å². The molecule has 16 heavy (non-hydrogen) atoms. The maximum atomic E-state index is 10.9. The first-order valence-electron chi connectivity index (χ1n) is 4.47. The van der Waals surface area contributed by atoms with Gasteiger partial charge in [0, 0.05) is 6.08 Å². The van der Waals surface area contributed by atoms with E-state index in [-0.39, 0.29) is 5.69 Å². The van der Waals surface area contributed by atoms with Crippen LogP contribution in [0.4, 0.5) is 0 Å². The summed E-state index contributed by atoms with van der Waals surface area (Å²) in [5, 5.41) is 0. The summed E-state index contributed by atoms with van der Waals surface area (Å²) in [5.74, 6) is -0.0221. The number of methoxy groups -OCH3 is 2. The largest absolute Gasteiger partial charge is 0.494 e. The van der Waals surface area contributed by atoms with Crippen LogP contribution in [-0.2, 0) is 9.53 Å². The van der Waals surface area contributed by atoms with E-state index in [0.717, 1.165) is 0 Å². The number of carbonyl (C=O) groups is 2. The molecule has 0 aliphatic carbocycles. The van der Waals surface area contributed by atoms with Crippen molar-refractivity contribution in [3.05, 3.63) is 29.6 Å². The number of nitrogens with zero attached hydrogens (tertiary/aromatic N) is 1. The Balaban J connectivity index is 3.04. The number of hydrogen-bond acceptors (Lipinski definition) is 5. The van der Waals surface area contributed by atoms with E-state index >= 15 is 0 Å².